The molecule has 0 radical (unpaired) electrons. The van der Waals surface area contributed by atoms with Gasteiger partial charge in [-0.3, -0.25) is 4.79 Å². The van der Waals surface area contributed by atoms with Crippen molar-refractivity contribution in [2.75, 3.05) is 19.0 Å². The van der Waals surface area contributed by atoms with E-state index in [2.05, 4.69) is 17.5 Å². The van der Waals surface area contributed by atoms with Crippen LogP contribution in [-0.4, -0.2) is 25.5 Å². The zero-order chi connectivity index (χ0) is 17.0. The number of amides is 1. The van der Waals surface area contributed by atoms with Crippen LogP contribution >= 0.6 is 0 Å². The standard InChI is InChI=1S/C18H27N3O/c1-17(2,3)18(4,13-19)20-16(22)11-10-14-8-7-9-15(12-14)21(5)6/h7-9,12H,10-11H2,1-6H3,(H,20,22)/t18-/m0/s1. The number of carbonyl (C=O) groups is 1. The van der Waals surface area contributed by atoms with Crippen LogP contribution in [0.25, 0.3) is 0 Å². The number of hydrogen-bond donors (Lipinski definition) is 1. The Hall–Kier alpha value is -2.02. The van der Waals surface area contributed by atoms with Crippen molar-refractivity contribution in [2.45, 2.75) is 46.1 Å². The predicted molar refractivity (Wildman–Crippen MR) is 90.7 cm³/mol. The van der Waals surface area contributed by atoms with Gasteiger partial charge in [0.05, 0.1) is 6.07 Å². The first-order valence-electron chi connectivity index (χ1n) is 7.57. The number of rotatable bonds is 5. The molecule has 4 nitrogen and oxygen atoms in total. The summed E-state index contributed by atoms with van der Waals surface area (Å²) in [7, 11) is 3.99. The van der Waals surface area contributed by atoms with Crippen LogP contribution in [0.4, 0.5) is 5.69 Å². The monoisotopic (exact) mass is 301 g/mol. The zero-order valence-corrected chi connectivity index (χ0v) is 14.5. The van der Waals surface area contributed by atoms with Crippen LogP contribution < -0.4 is 10.2 Å². The summed E-state index contributed by atoms with van der Waals surface area (Å²) in [5.74, 6) is -0.0887. The molecule has 1 aromatic rings. The lowest BCUT2D eigenvalue weighted by atomic mass is 9.76. The van der Waals surface area contributed by atoms with Crippen LogP contribution in [0, 0.1) is 16.7 Å². The largest absolute Gasteiger partial charge is 0.378 e. The van der Waals surface area contributed by atoms with Gasteiger partial charge in [0.2, 0.25) is 5.91 Å². The van der Waals surface area contributed by atoms with Crippen LogP contribution in [0.2, 0.25) is 0 Å². The molecule has 120 valence electrons. The summed E-state index contributed by atoms with van der Waals surface area (Å²) in [6.45, 7) is 7.64. The molecule has 1 aromatic carbocycles. The van der Waals surface area contributed by atoms with E-state index in [-0.39, 0.29) is 11.3 Å². The lowest BCUT2D eigenvalue weighted by Crippen LogP contribution is -2.53. The molecule has 0 saturated carbocycles. The number of aryl methyl sites for hydroxylation is 1. The Bertz CT molecular complexity index is 566. The van der Waals surface area contributed by atoms with E-state index in [1.54, 1.807) is 6.92 Å². The third-order valence-corrected chi connectivity index (χ3v) is 4.18. The summed E-state index contributed by atoms with van der Waals surface area (Å²) in [6.07, 6.45) is 1.05. The normalized spacial score (nSPS) is 13.9. The number of nitrogens with one attached hydrogen (secondary N) is 1. The topological polar surface area (TPSA) is 56.1 Å². The van der Waals surface area contributed by atoms with Crippen LogP contribution in [0.5, 0.6) is 0 Å². The Balaban J connectivity index is 2.68. The van der Waals surface area contributed by atoms with Gasteiger partial charge in [-0.15, -0.1) is 0 Å². The zero-order valence-electron chi connectivity index (χ0n) is 14.5. The van der Waals surface area contributed by atoms with E-state index in [4.69, 9.17) is 0 Å². The molecule has 22 heavy (non-hydrogen) atoms. The fraction of sp³-hybridized carbons (Fsp3) is 0.556. The van der Waals surface area contributed by atoms with Gasteiger partial charge in [0, 0.05) is 26.2 Å². The van der Waals surface area contributed by atoms with E-state index in [1.165, 1.54) is 0 Å². The second-order valence-electron chi connectivity index (χ2n) is 7.10. The van der Waals surface area contributed by atoms with Gasteiger partial charge in [-0.25, -0.2) is 0 Å². The minimum Gasteiger partial charge on any atom is -0.378 e. The van der Waals surface area contributed by atoms with Crippen molar-refractivity contribution in [3.8, 4) is 6.07 Å². The van der Waals surface area contributed by atoms with E-state index in [1.807, 2.05) is 58.0 Å². The Morgan fingerprint density at radius 2 is 1.91 bits per heavy atom. The van der Waals surface area contributed by atoms with Crippen molar-refractivity contribution in [3.05, 3.63) is 29.8 Å². The van der Waals surface area contributed by atoms with Crippen molar-refractivity contribution in [3.63, 3.8) is 0 Å². The molecule has 1 amide bonds. The fourth-order valence-corrected chi connectivity index (χ4v) is 1.97. The molecule has 0 saturated heterocycles. The van der Waals surface area contributed by atoms with Gasteiger partial charge in [0.25, 0.3) is 0 Å². The second kappa shape index (κ2) is 6.83. The van der Waals surface area contributed by atoms with E-state index in [0.717, 1.165) is 11.3 Å². The molecular weight excluding hydrogens is 274 g/mol. The van der Waals surface area contributed by atoms with Crippen LogP contribution in [0.1, 0.15) is 39.7 Å². The molecular formula is C18H27N3O. The number of hydrogen-bond acceptors (Lipinski definition) is 3. The molecule has 0 aromatic heterocycles. The Labute approximate surface area is 134 Å². The summed E-state index contributed by atoms with van der Waals surface area (Å²) in [5, 5.41) is 12.3. The Kier molecular flexibility index (Phi) is 5.59. The first-order valence-corrected chi connectivity index (χ1v) is 7.57. The molecule has 1 rings (SSSR count). The highest BCUT2D eigenvalue weighted by Gasteiger charge is 2.38. The van der Waals surface area contributed by atoms with Crippen molar-refractivity contribution >= 4 is 11.6 Å². The lowest BCUT2D eigenvalue weighted by Gasteiger charge is -2.36. The minimum absolute atomic E-state index is 0.0887. The van der Waals surface area contributed by atoms with Crippen molar-refractivity contribution in [2.24, 2.45) is 5.41 Å². The summed E-state index contributed by atoms with van der Waals surface area (Å²) < 4.78 is 0. The van der Waals surface area contributed by atoms with Gasteiger partial charge < -0.3 is 10.2 Å². The molecule has 0 spiro atoms. The van der Waals surface area contributed by atoms with Crippen molar-refractivity contribution in [1.82, 2.24) is 5.32 Å². The van der Waals surface area contributed by atoms with Crippen LogP contribution in [0.3, 0.4) is 0 Å². The van der Waals surface area contributed by atoms with Crippen molar-refractivity contribution < 1.29 is 4.79 Å². The maximum absolute atomic E-state index is 12.2. The minimum atomic E-state index is -0.866. The van der Waals surface area contributed by atoms with Crippen LogP contribution in [0.15, 0.2) is 24.3 Å². The summed E-state index contributed by atoms with van der Waals surface area (Å²) in [6, 6.07) is 10.4. The highest BCUT2D eigenvalue weighted by molar-refractivity contribution is 5.77. The molecule has 0 aliphatic carbocycles. The maximum Gasteiger partial charge on any atom is 0.221 e. The lowest BCUT2D eigenvalue weighted by molar-refractivity contribution is -0.123. The first kappa shape index (κ1) is 18.0. The third-order valence-electron chi connectivity index (χ3n) is 4.18. The summed E-state index contributed by atoms with van der Waals surface area (Å²) in [5.41, 5.74) is 1.06. The van der Waals surface area contributed by atoms with Crippen LogP contribution in [-0.2, 0) is 11.2 Å². The molecule has 0 bridgehead atoms. The SMILES string of the molecule is CN(C)c1cccc(CCC(=O)N[C@@](C)(C#N)C(C)(C)C)c1. The number of carbonyl (C=O) groups excluding carboxylic acids is 1. The highest BCUT2D eigenvalue weighted by Crippen LogP contribution is 2.29. The second-order valence-corrected chi connectivity index (χ2v) is 7.10. The van der Waals surface area contributed by atoms with Gasteiger partial charge in [0.15, 0.2) is 0 Å². The van der Waals surface area contributed by atoms with E-state index >= 15 is 0 Å². The molecule has 0 heterocycles. The molecule has 0 fully saturated rings. The number of nitriles is 1. The maximum atomic E-state index is 12.2. The van der Waals surface area contributed by atoms with Gasteiger partial charge in [-0.2, -0.15) is 5.26 Å². The van der Waals surface area contributed by atoms with Crippen molar-refractivity contribution in [1.29, 1.82) is 5.26 Å². The molecule has 0 aliphatic heterocycles. The fourth-order valence-electron chi connectivity index (χ4n) is 1.97. The molecule has 4 heteroatoms. The third kappa shape index (κ3) is 4.49. The van der Waals surface area contributed by atoms with Gasteiger partial charge >= 0.3 is 0 Å². The molecule has 1 atom stereocenters. The number of benzene rings is 1. The average Bonchev–Trinajstić information content (AvgIpc) is 2.44. The van der Waals surface area contributed by atoms with E-state index in [9.17, 15) is 10.1 Å². The Morgan fingerprint density at radius 3 is 2.41 bits per heavy atom. The molecule has 1 N–H and O–H groups in total. The van der Waals surface area contributed by atoms with Gasteiger partial charge in [0.1, 0.15) is 5.54 Å². The van der Waals surface area contributed by atoms with Gasteiger partial charge in [-0.05, 0) is 36.5 Å². The quantitative estimate of drug-likeness (QED) is 0.909. The average molecular weight is 301 g/mol. The molecule has 0 unspecified atom stereocenters. The van der Waals surface area contributed by atoms with Gasteiger partial charge in [-0.1, -0.05) is 32.9 Å². The number of nitrogens with zero attached hydrogens (tertiary/aromatic N) is 2. The molecule has 0 aliphatic rings. The highest BCUT2D eigenvalue weighted by atomic mass is 16.1. The van der Waals surface area contributed by atoms with E-state index < -0.39 is 5.54 Å². The number of anilines is 1. The summed E-state index contributed by atoms with van der Waals surface area (Å²) >= 11 is 0. The first-order chi connectivity index (χ1) is 10.1. The predicted octanol–water partition coefficient (Wildman–Crippen LogP) is 3.13. The summed E-state index contributed by atoms with van der Waals surface area (Å²) in [4.78, 5) is 14.2. The van der Waals surface area contributed by atoms with E-state index in [0.29, 0.717) is 12.8 Å². The smallest absolute Gasteiger partial charge is 0.221 e. The Morgan fingerprint density at radius 1 is 1.27 bits per heavy atom.